The molecule has 0 radical (unpaired) electrons. The summed E-state index contributed by atoms with van der Waals surface area (Å²) in [5, 5.41) is 31.6. The van der Waals surface area contributed by atoms with E-state index in [0.29, 0.717) is 35.2 Å². The molecule has 0 spiro atoms. The number of benzene rings is 1. The van der Waals surface area contributed by atoms with Crippen molar-refractivity contribution in [1.29, 1.82) is 0 Å². The van der Waals surface area contributed by atoms with Crippen LogP contribution >= 0.6 is 0 Å². The summed E-state index contributed by atoms with van der Waals surface area (Å²) >= 11 is 0. The first kappa shape index (κ1) is 26.6. The molecule has 0 bridgehead atoms. The molecule has 202 valence electrons. The van der Waals surface area contributed by atoms with E-state index in [9.17, 15) is 24.1 Å². The molecule has 5 rings (SSSR count). The molecule has 1 aromatic carbocycles. The van der Waals surface area contributed by atoms with Gasteiger partial charge in [-0.15, -0.1) is 0 Å². The smallest absolute Gasteiger partial charge is 0.126 e. The molecule has 0 heterocycles. The van der Waals surface area contributed by atoms with Crippen molar-refractivity contribution in [2.45, 2.75) is 110 Å². The first-order valence-electron chi connectivity index (χ1n) is 14.5. The predicted octanol–water partition coefficient (Wildman–Crippen LogP) is 6.80. The molecule has 4 aliphatic rings. The molecule has 3 nitrogen and oxygen atoms in total. The van der Waals surface area contributed by atoms with E-state index in [0.717, 1.165) is 50.0 Å². The molecule has 3 N–H and O–H groups in total. The fourth-order valence-corrected chi connectivity index (χ4v) is 10.1. The number of hydrogen-bond acceptors (Lipinski definition) is 3. The van der Waals surface area contributed by atoms with Crippen molar-refractivity contribution in [3.8, 4) is 0 Å². The van der Waals surface area contributed by atoms with E-state index in [2.05, 4.69) is 20.8 Å². The molecule has 0 saturated heterocycles. The lowest BCUT2D eigenvalue weighted by Gasteiger charge is -2.62. The van der Waals surface area contributed by atoms with Crippen molar-refractivity contribution in [2.75, 3.05) is 0 Å². The number of fused-ring (bicyclic) bond motifs is 5. The Morgan fingerprint density at radius 3 is 2.19 bits per heavy atom. The zero-order valence-electron chi connectivity index (χ0n) is 22.3. The van der Waals surface area contributed by atoms with Crippen LogP contribution in [0.25, 0.3) is 0 Å². The van der Waals surface area contributed by atoms with Crippen molar-refractivity contribution in [1.82, 2.24) is 0 Å². The lowest BCUT2D eigenvalue weighted by atomic mass is 9.44. The summed E-state index contributed by atoms with van der Waals surface area (Å²) in [5.41, 5.74) is 0.829. The SMILES string of the molecule is C[C@H](CCCC(O)c1cc(F)cc(F)c1)[C@H]1CC[C@H]2[C@@H]3CC[C@H]4[C@@H](O)[C@@H](O)CC[C@]4(C)[C@H]3CC[C@]12C. The van der Waals surface area contributed by atoms with Gasteiger partial charge < -0.3 is 15.3 Å². The van der Waals surface area contributed by atoms with Crippen LogP contribution < -0.4 is 0 Å². The quantitative estimate of drug-likeness (QED) is 0.399. The number of halogens is 2. The summed E-state index contributed by atoms with van der Waals surface area (Å²) in [6.45, 7) is 7.33. The first-order chi connectivity index (χ1) is 17.0. The van der Waals surface area contributed by atoms with Gasteiger partial charge in [0.1, 0.15) is 11.6 Å². The average molecular weight is 505 g/mol. The van der Waals surface area contributed by atoms with Gasteiger partial charge in [0.25, 0.3) is 0 Å². The summed E-state index contributed by atoms with van der Waals surface area (Å²) < 4.78 is 27.1. The van der Waals surface area contributed by atoms with Gasteiger partial charge in [-0.3, -0.25) is 0 Å². The van der Waals surface area contributed by atoms with E-state index in [4.69, 9.17) is 0 Å². The molecule has 1 aromatic rings. The average Bonchev–Trinajstić information content (AvgIpc) is 3.18. The Morgan fingerprint density at radius 2 is 1.47 bits per heavy atom. The van der Waals surface area contributed by atoms with Gasteiger partial charge in [0.2, 0.25) is 0 Å². The van der Waals surface area contributed by atoms with Crippen molar-refractivity contribution >= 4 is 0 Å². The second-order valence-electron chi connectivity index (χ2n) is 13.5. The number of rotatable bonds is 6. The highest BCUT2D eigenvalue weighted by atomic mass is 19.1. The van der Waals surface area contributed by atoms with Crippen LogP contribution in [0, 0.1) is 58.0 Å². The standard InChI is InChI=1S/C31H46F2O3/c1-18(5-4-6-27(34)19-15-20(32)17-21(33)16-19)23-9-10-24-22-7-8-26-29(36)28(35)12-14-31(26,3)25(22)11-13-30(23,24)2/h15-18,22-29,34-36H,4-14H2,1-3H3/t18-,22+,23-,24+,25+,26+,27?,28+,29-,30-,31-/m1/s1. The fraction of sp³-hybridized carbons (Fsp3) is 0.806. The Kier molecular flexibility index (Phi) is 7.33. The van der Waals surface area contributed by atoms with Crippen molar-refractivity contribution in [3.05, 3.63) is 35.4 Å². The van der Waals surface area contributed by atoms with Crippen molar-refractivity contribution in [3.63, 3.8) is 0 Å². The monoisotopic (exact) mass is 504 g/mol. The molecule has 0 amide bonds. The van der Waals surface area contributed by atoms with Gasteiger partial charge in [0, 0.05) is 6.07 Å². The number of aliphatic hydroxyl groups excluding tert-OH is 3. The highest BCUT2D eigenvalue weighted by Crippen LogP contribution is 2.68. The van der Waals surface area contributed by atoms with Crippen LogP contribution in [0.15, 0.2) is 18.2 Å². The van der Waals surface area contributed by atoms with E-state index < -0.39 is 29.9 Å². The Bertz CT molecular complexity index is 918. The van der Waals surface area contributed by atoms with Gasteiger partial charge in [-0.05, 0) is 122 Å². The summed E-state index contributed by atoms with van der Waals surface area (Å²) in [4.78, 5) is 0. The molecule has 4 aliphatic carbocycles. The second kappa shape index (κ2) is 9.93. The lowest BCUT2D eigenvalue weighted by Crippen LogP contribution is -2.58. The van der Waals surface area contributed by atoms with Crippen LogP contribution in [0.3, 0.4) is 0 Å². The van der Waals surface area contributed by atoms with Crippen LogP contribution in [0.1, 0.15) is 103 Å². The molecule has 5 heteroatoms. The highest BCUT2D eigenvalue weighted by molar-refractivity contribution is 5.20. The Morgan fingerprint density at radius 1 is 0.833 bits per heavy atom. The summed E-state index contributed by atoms with van der Waals surface area (Å²) in [6, 6.07) is 3.32. The largest absolute Gasteiger partial charge is 0.390 e. The zero-order valence-corrected chi connectivity index (χ0v) is 22.3. The van der Waals surface area contributed by atoms with Gasteiger partial charge in [-0.1, -0.05) is 33.6 Å². The molecule has 4 saturated carbocycles. The van der Waals surface area contributed by atoms with E-state index >= 15 is 0 Å². The molecule has 11 atom stereocenters. The molecule has 36 heavy (non-hydrogen) atoms. The first-order valence-corrected chi connectivity index (χ1v) is 14.5. The van der Waals surface area contributed by atoms with E-state index in [1.165, 1.54) is 44.2 Å². The third kappa shape index (κ3) is 4.45. The van der Waals surface area contributed by atoms with Crippen molar-refractivity contribution in [2.24, 2.45) is 46.3 Å². The van der Waals surface area contributed by atoms with Crippen LogP contribution in [0.5, 0.6) is 0 Å². The maximum Gasteiger partial charge on any atom is 0.126 e. The van der Waals surface area contributed by atoms with Crippen molar-refractivity contribution < 1.29 is 24.1 Å². The molecular formula is C31H46F2O3. The van der Waals surface area contributed by atoms with E-state index in [1.54, 1.807) is 0 Å². The maximum absolute atomic E-state index is 13.5. The van der Waals surface area contributed by atoms with Crippen LogP contribution in [-0.2, 0) is 0 Å². The minimum Gasteiger partial charge on any atom is -0.390 e. The van der Waals surface area contributed by atoms with Crippen LogP contribution in [-0.4, -0.2) is 27.5 Å². The predicted molar refractivity (Wildman–Crippen MR) is 137 cm³/mol. The minimum absolute atomic E-state index is 0.152. The van der Waals surface area contributed by atoms with Gasteiger partial charge in [-0.25, -0.2) is 8.78 Å². The zero-order chi connectivity index (χ0) is 25.8. The third-order valence-corrected chi connectivity index (χ3v) is 11.9. The Hall–Kier alpha value is -1.04. The summed E-state index contributed by atoms with van der Waals surface area (Å²) in [7, 11) is 0. The van der Waals surface area contributed by atoms with Gasteiger partial charge in [0.05, 0.1) is 18.3 Å². The molecular weight excluding hydrogens is 458 g/mol. The van der Waals surface area contributed by atoms with Crippen LogP contribution in [0.4, 0.5) is 8.78 Å². The molecule has 0 aliphatic heterocycles. The normalized spacial score (nSPS) is 43.8. The lowest BCUT2D eigenvalue weighted by molar-refractivity contribution is -0.174. The van der Waals surface area contributed by atoms with Gasteiger partial charge in [-0.2, -0.15) is 0 Å². The Balaban J connectivity index is 1.21. The van der Waals surface area contributed by atoms with Crippen LogP contribution in [0.2, 0.25) is 0 Å². The number of hydrogen-bond donors (Lipinski definition) is 3. The van der Waals surface area contributed by atoms with Gasteiger partial charge >= 0.3 is 0 Å². The third-order valence-electron chi connectivity index (χ3n) is 11.9. The minimum atomic E-state index is -0.829. The van der Waals surface area contributed by atoms with Gasteiger partial charge in [0.15, 0.2) is 0 Å². The summed E-state index contributed by atoms with van der Waals surface area (Å²) in [5.74, 6) is 2.33. The van der Waals surface area contributed by atoms with E-state index in [1.807, 2.05) is 0 Å². The molecule has 4 fully saturated rings. The fourth-order valence-electron chi connectivity index (χ4n) is 10.1. The number of aliphatic hydroxyl groups is 3. The van der Waals surface area contributed by atoms with E-state index in [-0.39, 0.29) is 11.3 Å². The second-order valence-corrected chi connectivity index (χ2v) is 13.5. The highest BCUT2D eigenvalue weighted by Gasteiger charge is 2.61. The summed E-state index contributed by atoms with van der Waals surface area (Å²) in [6.07, 6.45) is 9.51. The molecule has 1 unspecified atom stereocenters. The Labute approximate surface area is 215 Å². The molecule has 0 aromatic heterocycles. The maximum atomic E-state index is 13.5. The topological polar surface area (TPSA) is 60.7 Å².